The number of morpholine rings is 1. The molecule has 0 radical (unpaired) electrons. The molecule has 2 aromatic carbocycles. The largest absolute Gasteiger partial charge is 0.465 e. The Morgan fingerprint density at radius 1 is 1.14 bits per heavy atom. The highest BCUT2D eigenvalue weighted by atomic mass is 16.5. The monoisotopic (exact) mass is 391 g/mol. The van der Waals surface area contributed by atoms with Crippen molar-refractivity contribution < 1.29 is 14.3 Å². The molecule has 1 aliphatic heterocycles. The van der Waals surface area contributed by atoms with E-state index in [4.69, 9.17) is 9.47 Å². The molecule has 1 fully saturated rings. The molecule has 0 amide bonds. The van der Waals surface area contributed by atoms with E-state index >= 15 is 0 Å². The molecule has 1 aliphatic rings. The number of fused-ring (bicyclic) bond motifs is 1. The van der Waals surface area contributed by atoms with Crippen molar-refractivity contribution >= 4 is 34.5 Å². The molecule has 150 valence electrons. The number of anilines is 1. The molecule has 0 spiro atoms. The molecule has 0 unspecified atom stereocenters. The Morgan fingerprint density at radius 3 is 2.66 bits per heavy atom. The fourth-order valence-electron chi connectivity index (χ4n) is 3.57. The highest BCUT2D eigenvalue weighted by molar-refractivity contribution is 6.00. The molecule has 0 N–H and O–H groups in total. The van der Waals surface area contributed by atoms with Gasteiger partial charge in [-0.2, -0.15) is 0 Å². The van der Waals surface area contributed by atoms with Crippen molar-refractivity contribution in [1.82, 2.24) is 4.57 Å². The summed E-state index contributed by atoms with van der Waals surface area (Å²) in [5.41, 5.74) is 4.05. The highest BCUT2D eigenvalue weighted by Gasteiger charge is 2.12. The van der Waals surface area contributed by atoms with E-state index < -0.39 is 0 Å². The first-order chi connectivity index (χ1) is 14.2. The topological polar surface area (TPSA) is 56.1 Å². The lowest BCUT2D eigenvalue weighted by atomic mass is 10.2. The molecular formula is C23H25N3O3. The maximum absolute atomic E-state index is 11.9. The number of hydrogen-bond acceptors (Lipinski definition) is 5. The van der Waals surface area contributed by atoms with Crippen LogP contribution < -0.4 is 4.90 Å². The molecule has 0 atom stereocenters. The number of carbonyl (C=O) groups excluding carboxylic acids is 1. The number of para-hydroxylation sites is 1. The minimum atomic E-state index is -0.240. The van der Waals surface area contributed by atoms with Gasteiger partial charge in [0, 0.05) is 47.7 Å². The van der Waals surface area contributed by atoms with Gasteiger partial charge in [0.05, 0.1) is 25.5 Å². The first-order valence-corrected chi connectivity index (χ1v) is 9.95. The van der Waals surface area contributed by atoms with Gasteiger partial charge in [0.2, 0.25) is 0 Å². The quantitative estimate of drug-likeness (QED) is 0.474. The van der Waals surface area contributed by atoms with Crippen LogP contribution in [-0.2, 0) is 20.8 Å². The van der Waals surface area contributed by atoms with Gasteiger partial charge in [0.15, 0.2) is 0 Å². The summed E-state index contributed by atoms with van der Waals surface area (Å²) in [6.07, 6.45) is 3.81. The first-order valence-electron chi connectivity index (χ1n) is 9.95. The van der Waals surface area contributed by atoms with Crippen molar-refractivity contribution in [2.24, 2.45) is 4.99 Å². The summed E-state index contributed by atoms with van der Waals surface area (Å²) >= 11 is 0. The van der Waals surface area contributed by atoms with Gasteiger partial charge in [0.1, 0.15) is 6.54 Å². The van der Waals surface area contributed by atoms with Gasteiger partial charge >= 0.3 is 5.97 Å². The van der Waals surface area contributed by atoms with Crippen LogP contribution in [0.1, 0.15) is 12.5 Å². The average Bonchev–Trinajstić information content (AvgIpc) is 3.11. The van der Waals surface area contributed by atoms with Gasteiger partial charge in [-0.1, -0.05) is 18.2 Å². The maximum Gasteiger partial charge on any atom is 0.325 e. The zero-order chi connectivity index (χ0) is 20.1. The second-order valence-corrected chi connectivity index (χ2v) is 6.91. The fourth-order valence-corrected chi connectivity index (χ4v) is 3.57. The molecular weight excluding hydrogens is 366 g/mol. The van der Waals surface area contributed by atoms with Gasteiger partial charge in [0.25, 0.3) is 0 Å². The number of aliphatic imine (C=N–C) groups is 1. The average molecular weight is 391 g/mol. The van der Waals surface area contributed by atoms with E-state index in [1.807, 2.05) is 60.3 Å². The number of hydrogen-bond donors (Lipinski definition) is 0. The summed E-state index contributed by atoms with van der Waals surface area (Å²) < 4.78 is 12.4. The Kier molecular flexibility index (Phi) is 5.91. The van der Waals surface area contributed by atoms with E-state index in [9.17, 15) is 4.79 Å². The standard InChI is InChI=1S/C23H25N3O3/c1-2-29-23(27)17-26-16-18(21-5-3-4-6-22(21)26)15-24-19-7-9-20(10-8-19)25-11-13-28-14-12-25/h3-10,15-16H,2,11-14,17H2,1H3. The summed E-state index contributed by atoms with van der Waals surface area (Å²) in [5, 5.41) is 1.06. The Balaban J connectivity index is 1.54. The molecule has 6 heteroatoms. The lowest BCUT2D eigenvalue weighted by Gasteiger charge is -2.28. The maximum atomic E-state index is 11.9. The molecule has 1 aromatic heterocycles. The van der Waals surface area contributed by atoms with E-state index in [-0.39, 0.29) is 12.5 Å². The van der Waals surface area contributed by atoms with Crippen LogP contribution in [0.2, 0.25) is 0 Å². The molecule has 4 rings (SSSR count). The smallest absolute Gasteiger partial charge is 0.325 e. The highest BCUT2D eigenvalue weighted by Crippen LogP contribution is 2.23. The number of rotatable bonds is 6. The van der Waals surface area contributed by atoms with Gasteiger partial charge in [-0.3, -0.25) is 9.79 Å². The van der Waals surface area contributed by atoms with Crippen molar-refractivity contribution in [1.29, 1.82) is 0 Å². The van der Waals surface area contributed by atoms with Crippen molar-refractivity contribution in [2.45, 2.75) is 13.5 Å². The number of ether oxygens (including phenoxy) is 2. The SMILES string of the molecule is CCOC(=O)Cn1cc(C=Nc2ccc(N3CCOCC3)cc2)c2ccccc21. The van der Waals surface area contributed by atoms with Gasteiger partial charge in [-0.15, -0.1) is 0 Å². The minimum absolute atomic E-state index is 0.191. The summed E-state index contributed by atoms with van der Waals surface area (Å²) in [6, 6.07) is 16.3. The molecule has 0 aliphatic carbocycles. The van der Waals surface area contributed by atoms with Crippen LogP contribution >= 0.6 is 0 Å². The van der Waals surface area contributed by atoms with Crippen molar-refractivity contribution in [3.05, 3.63) is 60.3 Å². The van der Waals surface area contributed by atoms with Crippen LogP contribution in [0.4, 0.5) is 11.4 Å². The molecule has 1 saturated heterocycles. The fraction of sp³-hybridized carbons (Fsp3) is 0.304. The van der Waals surface area contributed by atoms with Crippen LogP contribution in [-0.4, -0.2) is 49.7 Å². The molecule has 29 heavy (non-hydrogen) atoms. The van der Waals surface area contributed by atoms with E-state index in [2.05, 4.69) is 22.0 Å². The molecule has 0 bridgehead atoms. The van der Waals surface area contributed by atoms with Gasteiger partial charge in [-0.05, 0) is 37.3 Å². The number of benzene rings is 2. The second kappa shape index (κ2) is 8.92. The normalized spacial score (nSPS) is 14.6. The second-order valence-electron chi connectivity index (χ2n) is 6.91. The van der Waals surface area contributed by atoms with Crippen LogP contribution in [0.3, 0.4) is 0 Å². The number of carbonyl (C=O) groups is 1. The van der Waals surface area contributed by atoms with Crippen molar-refractivity contribution in [3.63, 3.8) is 0 Å². The summed E-state index contributed by atoms with van der Waals surface area (Å²) in [4.78, 5) is 18.9. The first kappa shape index (κ1) is 19.2. The number of aromatic nitrogens is 1. The predicted octanol–water partition coefficient (Wildman–Crippen LogP) is 3.79. The minimum Gasteiger partial charge on any atom is -0.465 e. The number of nitrogens with zero attached hydrogens (tertiary/aromatic N) is 3. The zero-order valence-electron chi connectivity index (χ0n) is 16.6. The van der Waals surface area contributed by atoms with Crippen LogP contribution in [0.15, 0.2) is 59.7 Å². The summed E-state index contributed by atoms with van der Waals surface area (Å²) in [6.45, 7) is 5.77. The Hall–Kier alpha value is -3.12. The molecule has 6 nitrogen and oxygen atoms in total. The number of esters is 1. The van der Waals surface area contributed by atoms with E-state index in [0.29, 0.717) is 6.61 Å². The van der Waals surface area contributed by atoms with Crippen molar-refractivity contribution in [3.8, 4) is 0 Å². The van der Waals surface area contributed by atoms with E-state index in [1.54, 1.807) is 0 Å². The van der Waals surface area contributed by atoms with E-state index in [1.165, 1.54) is 5.69 Å². The molecule has 0 saturated carbocycles. The van der Waals surface area contributed by atoms with Gasteiger partial charge in [-0.25, -0.2) is 0 Å². The Bertz CT molecular complexity index is 1000. The van der Waals surface area contributed by atoms with Crippen LogP contribution in [0.5, 0.6) is 0 Å². The van der Waals surface area contributed by atoms with E-state index in [0.717, 1.165) is 48.5 Å². The Morgan fingerprint density at radius 2 is 1.90 bits per heavy atom. The predicted molar refractivity (Wildman–Crippen MR) is 115 cm³/mol. The lowest BCUT2D eigenvalue weighted by molar-refractivity contribution is -0.143. The summed E-state index contributed by atoms with van der Waals surface area (Å²) in [7, 11) is 0. The Labute approximate surface area is 170 Å². The third-order valence-corrected chi connectivity index (χ3v) is 5.00. The van der Waals surface area contributed by atoms with Crippen LogP contribution in [0.25, 0.3) is 10.9 Å². The van der Waals surface area contributed by atoms with Gasteiger partial charge < -0.3 is 18.9 Å². The summed E-state index contributed by atoms with van der Waals surface area (Å²) in [5.74, 6) is -0.240. The zero-order valence-corrected chi connectivity index (χ0v) is 16.6. The van der Waals surface area contributed by atoms with Crippen molar-refractivity contribution in [2.75, 3.05) is 37.8 Å². The lowest BCUT2D eigenvalue weighted by Crippen LogP contribution is -2.36. The molecule has 3 aromatic rings. The third-order valence-electron chi connectivity index (χ3n) is 5.00. The van der Waals surface area contributed by atoms with Crippen LogP contribution in [0, 0.1) is 0 Å². The molecule has 2 heterocycles. The third kappa shape index (κ3) is 4.49.